The Morgan fingerprint density at radius 1 is 1.00 bits per heavy atom. The number of nitrogens with zero attached hydrogens (tertiary/aromatic N) is 2. The molecule has 3 rings (SSSR count). The van der Waals surface area contributed by atoms with E-state index in [1.807, 2.05) is 54.5 Å². The zero-order valence-electron chi connectivity index (χ0n) is 9.84. The number of hydrogen-bond acceptors (Lipinski definition) is 3. The van der Waals surface area contributed by atoms with Gasteiger partial charge in [-0.25, -0.2) is 4.98 Å². The lowest BCUT2D eigenvalue weighted by atomic mass is 10.3. The first-order chi connectivity index (χ1) is 8.92. The number of fused-ring (bicyclic) bond motifs is 1. The molecule has 0 spiro atoms. The molecule has 0 aliphatic rings. The summed E-state index contributed by atoms with van der Waals surface area (Å²) in [5.41, 5.74) is 3.44. The maximum atomic E-state index is 4.56. The Morgan fingerprint density at radius 3 is 2.67 bits per heavy atom. The molecule has 0 amide bonds. The molecule has 0 atom stereocenters. The molecule has 3 aromatic rings. The van der Waals surface area contributed by atoms with Crippen molar-refractivity contribution in [2.24, 2.45) is 0 Å². The van der Waals surface area contributed by atoms with Crippen LogP contribution in [0.3, 0.4) is 0 Å². The zero-order valence-corrected chi connectivity index (χ0v) is 10.7. The molecule has 1 N–H and O–H groups in total. The molecule has 90 valence electrons. The van der Waals surface area contributed by atoms with Crippen molar-refractivity contribution >= 4 is 22.8 Å². The van der Waals surface area contributed by atoms with Crippen LogP contribution in [0.5, 0.6) is 0 Å². The van der Waals surface area contributed by atoms with Crippen molar-refractivity contribution in [2.45, 2.75) is 11.5 Å². The minimum Gasteiger partial charge on any atom is -0.341 e. The molecule has 0 bridgehead atoms. The van der Waals surface area contributed by atoms with Gasteiger partial charge < -0.3 is 4.98 Å². The first kappa shape index (κ1) is 11.3. The van der Waals surface area contributed by atoms with Crippen LogP contribution >= 0.6 is 11.8 Å². The van der Waals surface area contributed by atoms with Crippen molar-refractivity contribution in [3.05, 3.63) is 60.2 Å². The van der Waals surface area contributed by atoms with E-state index in [4.69, 9.17) is 0 Å². The van der Waals surface area contributed by atoms with E-state index < -0.39 is 0 Å². The number of thioether (sulfide) groups is 1. The van der Waals surface area contributed by atoms with E-state index in [1.165, 1.54) is 5.56 Å². The topological polar surface area (TPSA) is 41.6 Å². The standard InChI is InChI=1S/C14H13N3S/c1-2-4-13-12(3-1)16-14(17-13)10-18-9-11-5-7-15-8-6-11/h1-8H,9-10H2,(H,16,17). The van der Waals surface area contributed by atoms with E-state index in [9.17, 15) is 0 Å². The van der Waals surface area contributed by atoms with E-state index in [-0.39, 0.29) is 0 Å². The Labute approximate surface area is 110 Å². The van der Waals surface area contributed by atoms with Crippen molar-refractivity contribution < 1.29 is 0 Å². The smallest absolute Gasteiger partial charge is 0.117 e. The zero-order chi connectivity index (χ0) is 12.2. The monoisotopic (exact) mass is 255 g/mol. The summed E-state index contributed by atoms with van der Waals surface area (Å²) in [4.78, 5) is 11.9. The maximum absolute atomic E-state index is 4.56. The number of aromatic nitrogens is 3. The maximum Gasteiger partial charge on any atom is 0.117 e. The van der Waals surface area contributed by atoms with E-state index in [2.05, 4.69) is 21.0 Å². The van der Waals surface area contributed by atoms with E-state index >= 15 is 0 Å². The Hall–Kier alpha value is -1.81. The molecule has 0 saturated carbocycles. The summed E-state index contributed by atoms with van der Waals surface area (Å²) in [6.45, 7) is 0. The highest BCUT2D eigenvalue weighted by Crippen LogP contribution is 2.18. The number of para-hydroxylation sites is 2. The van der Waals surface area contributed by atoms with E-state index in [1.54, 1.807) is 0 Å². The average molecular weight is 255 g/mol. The van der Waals surface area contributed by atoms with Gasteiger partial charge in [-0.15, -0.1) is 11.8 Å². The summed E-state index contributed by atoms with van der Waals surface area (Å²) in [5.74, 6) is 2.92. The predicted molar refractivity (Wildman–Crippen MR) is 75.3 cm³/mol. The SMILES string of the molecule is c1ccc2[nH]c(CSCc3ccncc3)nc2c1. The van der Waals surface area contributed by atoms with Gasteiger partial charge in [-0.2, -0.15) is 0 Å². The summed E-state index contributed by atoms with van der Waals surface area (Å²) in [5, 5.41) is 0. The van der Waals surface area contributed by atoms with Crippen molar-refractivity contribution in [3.63, 3.8) is 0 Å². The molecule has 1 aromatic carbocycles. The lowest BCUT2D eigenvalue weighted by Gasteiger charge is -1.98. The first-order valence-electron chi connectivity index (χ1n) is 5.82. The van der Waals surface area contributed by atoms with Crippen LogP contribution < -0.4 is 0 Å². The molecule has 0 radical (unpaired) electrons. The fourth-order valence-electron chi connectivity index (χ4n) is 1.82. The molecule has 4 heteroatoms. The van der Waals surface area contributed by atoms with Gasteiger partial charge in [0.2, 0.25) is 0 Å². The molecule has 2 heterocycles. The largest absolute Gasteiger partial charge is 0.341 e. The van der Waals surface area contributed by atoms with Crippen LogP contribution in [0.15, 0.2) is 48.8 Å². The van der Waals surface area contributed by atoms with Crippen LogP contribution in [0.4, 0.5) is 0 Å². The molecule has 2 aromatic heterocycles. The number of pyridine rings is 1. The second-order valence-corrected chi connectivity index (χ2v) is 5.03. The highest BCUT2D eigenvalue weighted by Gasteiger charge is 2.02. The summed E-state index contributed by atoms with van der Waals surface area (Å²) in [6.07, 6.45) is 3.66. The van der Waals surface area contributed by atoms with Crippen molar-refractivity contribution in [1.82, 2.24) is 15.0 Å². The number of imidazole rings is 1. The minimum absolute atomic E-state index is 0.900. The van der Waals surface area contributed by atoms with Gasteiger partial charge >= 0.3 is 0 Å². The Balaban J connectivity index is 1.63. The van der Waals surface area contributed by atoms with Crippen LogP contribution in [-0.4, -0.2) is 15.0 Å². The third-order valence-electron chi connectivity index (χ3n) is 2.70. The second-order valence-electron chi connectivity index (χ2n) is 4.05. The predicted octanol–water partition coefficient (Wildman–Crippen LogP) is 3.39. The van der Waals surface area contributed by atoms with Crippen molar-refractivity contribution in [1.29, 1.82) is 0 Å². The Bertz CT molecular complexity index is 601. The van der Waals surface area contributed by atoms with Crippen LogP contribution in [0, 0.1) is 0 Å². The second kappa shape index (κ2) is 5.23. The number of hydrogen-bond donors (Lipinski definition) is 1. The van der Waals surface area contributed by atoms with Crippen LogP contribution in [0.1, 0.15) is 11.4 Å². The van der Waals surface area contributed by atoms with Gasteiger partial charge in [0.15, 0.2) is 0 Å². The molecule has 0 unspecified atom stereocenters. The Morgan fingerprint density at radius 2 is 1.83 bits per heavy atom. The van der Waals surface area contributed by atoms with E-state index in [0.29, 0.717) is 0 Å². The summed E-state index contributed by atoms with van der Waals surface area (Å²) in [6, 6.07) is 12.2. The van der Waals surface area contributed by atoms with Gasteiger partial charge in [-0.3, -0.25) is 4.98 Å². The minimum atomic E-state index is 0.900. The summed E-state index contributed by atoms with van der Waals surface area (Å²) >= 11 is 1.85. The first-order valence-corrected chi connectivity index (χ1v) is 6.97. The van der Waals surface area contributed by atoms with Crippen LogP contribution in [-0.2, 0) is 11.5 Å². The third kappa shape index (κ3) is 2.54. The quantitative estimate of drug-likeness (QED) is 0.777. The van der Waals surface area contributed by atoms with Crippen molar-refractivity contribution in [3.8, 4) is 0 Å². The van der Waals surface area contributed by atoms with Gasteiger partial charge in [0.1, 0.15) is 5.82 Å². The fourth-order valence-corrected chi connectivity index (χ4v) is 2.68. The van der Waals surface area contributed by atoms with Gasteiger partial charge in [0.25, 0.3) is 0 Å². The third-order valence-corrected chi connectivity index (χ3v) is 3.71. The normalized spacial score (nSPS) is 10.9. The number of aromatic amines is 1. The molecule has 0 aliphatic heterocycles. The number of rotatable bonds is 4. The van der Waals surface area contributed by atoms with Crippen LogP contribution in [0.2, 0.25) is 0 Å². The fraction of sp³-hybridized carbons (Fsp3) is 0.143. The molecule has 0 saturated heterocycles. The lowest BCUT2D eigenvalue weighted by Crippen LogP contribution is -1.85. The molecule has 0 aliphatic carbocycles. The van der Waals surface area contributed by atoms with E-state index in [0.717, 1.165) is 28.4 Å². The number of nitrogens with one attached hydrogen (secondary N) is 1. The molecule has 3 nitrogen and oxygen atoms in total. The summed E-state index contributed by atoms with van der Waals surface area (Å²) in [7, 11) is 0. The van der Waals surface area contributed by atoms with Crippen LogP contribution in [0.25, 0.3) is 11.0 Å². The Kier molecular flexibility index (Phi) is 3.28. The van der Waals surface area contributed by atoms with Gasteiger partial charge in [0, 0.05) is 18.1 Å². The molecule has 18 heavy (non-hydrogen) atoms. The molecular weight excluding hydrogens is 242 g/mol. The van der Waals surface area contributed by atoms with Gasteiger partial charge in [-0.05, 0) is 29.8 Å². The van der Waals surface area contributed by atoms with Gasteiger partial charge in [0.05, 0.1) is 16.8 Å². The number of H-pyrrole nitrogens is 1. The highest BCUT2D eigenvalue weighted by molar-refractivity contribution is 7.97. The highest BCUT2D eigenvalue weighted by atomic mass is 32.2. The molecular formula is C14H13N3S. The van der Waals surface area contributed by atoms with Crippen molar-refractivity contribution in [2.75, 3.05) is 0 Å². The number of benzene rings is 1. The lowest BCUT2D eigenvalue weighted by molar-refractivity contribution is 1.14. The molecule has 0 fully saturated rings. The average Bonchev–Trinajstić information content (AvgIpc) is 2.82. The van der Waals surface area contributed by atoms with Gasteiger partial charge in [-0.1, -0.05) is 12.1 Å². The summed E-state index contributed by atoms with van der Waals surface area (Å²) < 4.78 is 0.